The third-order valence-electron chi connectivity index (χ3n) is 2.48. The van der Waals surface area contributed by atoms with Crippen LogP contribution in [-0.2, 0) is 9.59 Å². The average Bonchev–Trinajstić information content (AvgIpc) is 2.30. The number of esters is 2. The van der Waals surface area contributed by atoms with Crippen molar-refractivity contribution >= 4 is 22.9 Å². The normalized spacial score (nSPS) is 10.3. The zero-order valence-electron chi connectivity index (χ0n) is 11.2. The first-order chi connectivity index (χ1) is 9.36. The van der Waals surface area contributed by atoms with Crippen molar-refractivity contribution in [2.24, 2.45) is 0 Å². The van der Waals surface area contributed by atoms with Crippen LogP contribution in [0.1, 0.15) is 19.4 Å². The van der Waals surface area contributed by atoms with Gasteiger partial charge >= 0.3 is 17.6 Å². The smallest absolute Gasteiger partial charge is 0.339 e. The molecule has 0 aliphatic carbocycles. The van der Waals surface area contributed by atoms with Crippen molar-refractivity contribution < 1.29 is 23.5 Å². The Hall–Kier alpha value is -2.63. The van der Waals surface area contributed by atoms with Crippen molar-refractivity contribution in [1.82, 2.24) is 0 Å². The summed E-state index contributed by atoms with van der Waals surface area (Å²) in [4.78, 5) is 33.6. The third kappa shape index (κ3) is 2.85. The summed E-state index contributed by atoms with van der Waals surface area (Å²) in [5.41, 5.74) is 0.0491. The number of carbonyl (C=O) groups excluding carboxylic acids is 2. The number of ether oxygens (including phenoxy) is 2. The highest BCUT2D eigenvalue weighted by molar-refractivity contribution is 5.88. The molecule has 1 aromatic carbocycles. The van der Waals surface area contributed by atoms with Crippen LogP contribution in [0.25, 0.3) is 11.0 Å². The molecule has 0 saturated carbocycles. The number of hydrogen-bond acceptors (Lipinski definition) is 6. The Morgan fingerprint density at radius 3 is 2.30 bits per heavy atom. The first-order valence-corrected chi connectivity index (χ1v) is 5.82. The predicted molar refractivity (Wildman–Crippen MR) is 69.8 cm³/mol. The van der Waals surface area contributed by atoms with Gasteiger partial charge in [0.1, 0.15) is 17.1 Å². The van der Waals surface area contributed by atoms with Crippen LogP contribution in [-0.4, -0.2) is 11.9 Å². The molecule has 0 N–H and O–H groups in total. The Kier molecular flexibility index (Phi) is 3.56. The predicted octanol–water partition coefficient (Wildman–Crippen LogP) is 1.95. The van der Waals surface area contributed by atoms with Crippen LogP contribution < -0.4 is 15.1 Å². The second kappa shape index (κ2) is 5.16. The Morgan fingerprint density at radius 2 is 1.70 bits per heavy atom. The minimum Gasteiger partial charge on any atom is -0.426 e. The van der Waals surface area contributed by atoms with Crippen molar-refractivity contribution in [2.75, 3.05) is 0 Å². The Labute approximate surface area is 113 Å². The van der Waals surface area contributed by atoms with Crippen molar-refractivity contribution in [1.29, 1.82) is 0 Å². The molecule has 0 spiro atoms. The highest BCUT2D eigenvalue weighted by atomic mass is 16.5. The summed E-state index contributed by atoms with van der Waals surface area (Å²) in [7, 11) is 0. The molecule has 0 atom stereocenters. The molecular weight excluding hydrogens is 264 g/mol. The lowest BCUT2D eigenvalue weighted by atomic mass is 10.1. The molecule has 0 aliphatic rings. The van der Waals surface area contributed by atoms with E-state index in [4.69, 9.17) is 13.9 Å². The number of rotatable bonds is 2. The number of fused-ring (bicyclic) bond motifs is 1. The van der Waals surface area contributed by atoms with Gasteiger partial charge in [0.05, 0.1) is 5.39 Å². The summed E-state index contributed by atoms with van der Waals surface area (Å²) in [5, 5.41) is 0.452. The van der Waals surface area contributed by atoms with E-state index < -0.39 is 17.6 Å². The van der Waals surface area contributed by atoms with Gasteiger partial charge in [-0.1, -0.05) is 0 Å². The zero-order chi connectivity index (χ0) is 14.9. The fraction of sp³-hybridized carbons (Fsp3) is 0.214. The second-order valence-corrected chi connectivity index (χ2v) is 4.24. The summed E-state index contributed by atoms with van der Waals surface area (Å²) in [6.07, 6.45) is 0. The largest absolute Gasteiger partial charge is 0.426 e. The number of aryl methyl sites for hydroxylation is 1. The molecule has 2 rings (SSSR count). The maximum absolute atomic E-state index is 11.5. The molecule has 0 fully saturated rings. The Balaban J connectivity index is 2.70. The van der Waals surface area contributed by atoms with E-state index in [1.165, 1.54) is 26.0 Å². The Morgan fingerprint density at radius 1 is 1.05 bits per heavy atom. The average molecular weight is 276 g/mol. The molecule has 1 heterocycles. The van der Waals surface area contributed by atoms with Gasteiger partial charge in [0.2, 0.25) is 0 Å². The van der Waals surface area contributed by atoms with E-state index >= 15 is 0 Å². The van der Waals surface area contributed by atoms with E-state index in [9.17, 15) is 14.4 Å². The molecule has 6 nitrogen and oxygen atoms in total. The number of hydrogen-bond donors (Lipinski definition) is 0. The SMILES string of the molecule is CC(=O)Oc1cc(OC(C)=O)c2cc(C)c(=O)oc2c1. The minimum absolute atomic E-state index is 0.133. The lowest BCUT2D eigenvalue weighted by Gasteiger charge is -2.09. The molecule has 0 radical (unpaired) electrons. The van der Waals surface area contributed by atoms with Crippen molar-refractivity contribution in [3.63, 3.8) is 0 Å². The lowest BCUT2D eigenvalue weighted by molar-refractivity contribution is -0.132. The van der Waals surface area contributed by atoms with Crippen molar-refractivity contribution in [2.45, 2.75) is 20.8 Å². The third-order valence-corrected chi connectivity index (χ3v) is 2.48. The van der Waals surface area contributed by atoms with Gasteiger partial charge in [0.25, 0.3) is 0 Å². The van der Waals surface area contributed by atoms with Crippen LogP contribution in [0.3, 0.4) is 0 Å². The van der Waals surface area contributed by atoms with E-state index in [1.807, 2.05) is 0 Å². The molecule has 0 saturated heterocycles. The zero-order valence-corrected chi connectivity index (χ0v) is 11.2. The van der Waals surface area contributed by atoms with E-state index in [0.717, 1.165) is 0 Å². The molecule has 0 bridgehead atoms. The molecule has 0 aliphatic heterocycles. The van der Waals surface area contributed by atoms with E-state index in [1.54, 1.807) is 13.0 Å². The van der Waals surface area contributed by atoms with Crippen LogP contribution in [0.2, 0.25) is 0 Å². The highest BCUT2D eigenvalue weighted by Gasteiger charge is 2.13. The van der Waals surface area contributed by atoms with Gasteiger partial charge in [-0.25, -0.2) is 4.79 Å². The van der Waals surface area contributed by atoms with Crippen LogP contribution >= 0.6 is 0 Å². The van der Waals surface area contributed by atoms with Gasteiger partial charge in [0, 0.05) is 31.5 Å². The summed E-state index contributed by atoms with van der Waals surface area (Å²) in [6.45, 7) is 4.07. The first-order valence-electron chi connectivity index (χ1n) is 5.82. The van der Waals surface area contributed by atoms with Crippen molar-refractivity contribution in [3.8, 4) is 11.5 Å². The lowest BCUT2D eigenvalue weighted by Crippen LogP contribution is -2.07. The maximum atomic E-state index is 11.5. The summed E-state index contributed by atoms with van der Waals surface area (Å²) < 4.78 is 15.1. The van der Waals surface area contributed by atoms with E-state index in [0.29, 0.717) is 10.9 Å². The molecule has 104 valence electrons. The molecular formula is C14H12O6. The fourth-order valence-electron chi connectivity index (χ4n) is 1.72. The van der Waals surface area contributed by atoms with Crippen LogP contribution in [0.5, 0.6) is 11.5 Å². The van der Waals surface area contributed by atoms with Gasteiger partial charge in [-0.3, -0.25) is 9.59 Å². The molecule has 0 unspecified atom stereocenters. The monoisotopic (exact) mass is 276 g/mol. The minimum atomic E-state index is -0.535. The van der Waals surface area contributed by atoms with Gasteiger partial charge in [-0.05, 0) is 13.0 Å². The topological polar surface area (TPSA) is 82.8 Å². The second-order valence-electron chi connectivity index (χ2n) is 4.24. The first kappa shape index (κ1) is 13.8. The van der Waals surface area contributed by atoms with Crippen LogP contribution in [0, 0.1) is 6.92 Å². The van der Waals surface area contributed by atoms with Crippen LogP contribution in [0.4, 0.5) is 0 Å². The summed E-state index contributed by atoms with van der Waals surface area (Å²) in [6, 6.07) is 4.34. The van der Waals surface area contributed by atoms with Crippen LogP contribution in [0.15, 0.2) is 27.4 Å². The molecule has 1 aromatic heterocycles. The standard InChI is InChI=1S/C14H12O6/c1-7-4-11-12(19-9(3)16)5-10(18-8(2)15)6-13(11)20-14(7)17/h4-6H,1-3H3. The Bertz CT molecular complexity index is 756. The molecule has 2 aromatic rings. The van der Waals surface area contributed by atoms with Gasteiger partial charge in [-0.15, -0.1) is 0 Å². The quantitative estimate of drug-likeness (QED) is 0.473. The highest BCUT2D eigenvalue weighted by Crippen LogP contribution is 2.31. The number of carbonyl (C=O) groups is 2. The molecule has 0 amide bonds. The van der Waals surface area contributed by atoms with Gasteiger partial charge < -0.3 is 13.9 Å². The van der Waals surface area contributed by atoms with E-state index in [-0.39, 0.29) is 17.1 Å². The molecule has 6 heteroatoms. The number of benzene rings is 1. The van der Waals surface area contributed by atoms with Gasteiger partial charge in [-0.2, -0.15) is 0 Å². The molecule has 20 heavy (non-hydrogen) atoms. The summed E-state index contributed by atoms with van der Waals surface area (Å²) in [5.74, 6) is -0.769. The fourth-order valence-corrected chi connectivity index (χ4v) is 1.72. The van der Waals surface area contributed by atoms with Crippen molar-refractivity contribution in [3.05, 3.63) is 34.2 Å². The van der Waals surface area contributed by atoms with E-state index in [2.05, 4.69) is 0 Å². The van der Waals surface area contributed by atoms with Gasteiger partial charge in [0.15, 0.2) is 0 Å². The summed E-state index contributed by atoms with van der Waals surface area (Å²) >= 11 is 0. The maximum Gasteiger partial charge on any atom is 0.339 e.